The van der Waals surface area contributed by atoms with Crippen molar-refractivity contribution in [2.45, 2.75) is 18.4 Å². The number of carbonyl (C=O) groups is 1. The SMILES string of the molecule is Cc1ccc(NC(=O)c2cccc(OCc3cn4ccccc4n3)c2)cc1S(=O)(=O)N(C)C. The lowest BCUT2D eigenvalue weighted by atomic mass is 10.2. The number of pyridine rings is 1. The number of sulfonamides is 1. The minimum Gasteiger partial charge on any atom is -0.487 e. The van der Waals surface area contributed by atoms with Crippen molar-refractivity contribution in [3.05, 3.63) is 89.9 Å². The Hall–Kier alpha value is -3.69. The van der Waals surface area contributed by atoms with E-state index in [-0.39, 0.29) is 17.4 Å². The second-order valence-corrected chi connectivity index (χ2v) is 9.86. The summed E-state index contributed by atoms with van der Waals surface area (Å²) in [6, 6.07) is 17.4. The highest BCUT2D eigenvalue weighted by Crippen LogP contribution is 2.23. The number of fused-ring (bicyclic) bond motifs is 1. The molecule has 0 fully saturated rings. The van der Waals surface area contributed by atoms with Gasteiger partial charge in [0.05, 0.1) is 10.6 Å². The van der Waals surface area contributed by atoms with Crippen molar-refractivity contribution in [3.63, 3.8) is 0 Å². The maximum Gasteiger partial charge on any atom is 0.255 e. The molecule has 1 amide bonds. The summed E-state index contributed by atoms with van der Waals surface area (Å²) in [6.07, 6.45) is 3.81. The Labute approximate surface area is 192 Å². The van der Waals surface area contributed by atoms with Crippen LogP contribution in [0.15, 0.2) is 78.0 Å². The van der Waals surface area contributed by atoms with Crippen molar-refractivity contribution >= 4 is 27.3 Å². The lowest BCUT2D eigenvalue weighted by Gasteiger charge is -2.15. The third-order valence-corrected chi connectivity index (χ3v) is 7.06. The summed E-state index contributed by atoms with van der Waals surface area (Å²) >= 11 is 0. The lowest BCUT2D eigenvalue weighted by molar-refractivity contribution is 0.102. The molecule has 4 aromatic rings. The van der Waals surface area contributed by atoms with Gasteiger partial charge in [-0.15, -0.1) is 0 Å². The van der Waals surface area contributed by atoms with Crippen molar-refractivity contribution in [2.24, 2.45) is 0 Å². The number of hydrogen-bond donors (Lipinski definition) is 1. The summed E-state index contributed by atoms with van der Waals surface area (Å²) in [5, 5.41) is 2.76. The van der Waals surface area contributed by atoms with Crippen LogP contribution in [0.4, 0.5) is 5.69 Å². The molecular formula is C24H24N4O4S. The summed E-state index contributed by atoms with van der Waals surface area (Å²) in [6.45, 7) is 1.97. The van der Waals surface area contributed by atoms with Crippen molar-refractivity contribution in [1.29, 1.82) is 0 Å². The van der Waals surface area contributed by atoms with Crippen LogP contribution in [0.1, 0.15) is 21.6 Å². The summed E-state index contributed by atoms with van der Waals surface area (Å²) in [5.41, 5.74) is 2.98. The van der Waals surface area contributed by atoms with E-state index in [1.54, 1.807) is 43.3 Å². The Morgan fingerprint density at radius 1 is 1.09 bits per heavy atom. The maximum atomic E-state index is 12.8. The smallest absolute Gasteiger partial charge is 0.255 e. The zero-order valence-corrected chi connectivity index (χ0v) is 19.3. The summed E-state index contributed by atoms with van der Waals surface area (Å²) in [4.78, 5) is 17.4. The molecule has 170 valence electrons. The zero-order valence-electron chi connectivity index (χ0n) is 18.5. The van der Waals surface area contributed by atoms with E-state index in [2.05, 4.69) is 10.3 Å². The number of imidazole rings is 1. The van der Waals surface area contributed by atoms with E-state index in [1.165, 1.54) is 20.2 Å². The first-order valence-corrected chi connectivity index (χ1v) is 11.7. The first-order valence-electron chi connectivity index (χ1n) is 10.2. The largest absolute Gasteiger partial charge is 0.487 e. The predicted molar refractivity (Wildman–Crippen MR) is 126 cm³/mol. The molecule has 0 bridgehead atoms. The topological polar surface area (TPSA) is 93.0 Å². The van der Waals surface area contributed by atoms with Gasteiger partial charge in [-0.25, -0.2) is 17.7 Å². The normalized spacial score (nSPS) is 11.6. The molecule has 2 heterocycles. The number of rotatable bonds is 7. The van der Waals surface area contributed by atoms with Crippen LogP contribution in [0.3, 0.4) is 0 Å². The number of hydrogen-bond acceptors (Lipinski definition) is 5. The minimum atomic E-state index is -3.63. The molecule has 0 saturated carbocycles. The molecular weight excluding hydrogens is 440 g/mol. The average Bonchev–Trinajstić information content (AvgIpc) is 3.22. The Morgan fingerprint density at radius 3 is 2.67 bits per heavy atom. The third kappa shape index (κ3) is 4.89. The number of aryl methyl sites for hydroxylation is 1. The molecule has 8 nitrogen and oxygen atoms in total. The number of amides is 1. The minimum absolute atomic E-state index is 0.148. The van der Waals surface area contributed by atoms with E-state index in [1.807, 2.05) is 35.0 Å². The zero-order chi connectivity index (χ0) is 23.6. The molecule has 9 heteroatoms. The first kappa shape index (κ1) is 22.5. The van der Waals surface area contributed by atoms with Crippen molar-refractivity contribution in [2.75, 3.05) is 19.4 Å². The fraction of sp³-hybridized carbons (Fsp3) is 0.167. The van der Waals surface area contributed by atoms with Gasteiger partial charge in [0.1, 0.15) is 18.0 Å². The van der Waals surface area contributed by atoms with E-state index in [9.17, 15) is 13.2 Å². The van der Waals surface area contributed by atoms with Crippen molar-refractivity contribution < 1.29 is 17.9 Å². The van der Waals surface area contributed by atoms with Crippen LogP contribution in [0.25, 0.3) is 5.65 Å². The van der Waals surface area contributed by atoms with Crippen LogP contribution in [0, 0.1) is 6.92 Å². The Kier molecular flexibility index (Phi) is 6.17. The molecule has 0 aliphatic carbocycles. The quantitative estimate of drug-likeness (QED) is 0.450. The molecule has 0 unspecified atom stereocenters. The van der Waals surface area contributed by atoms with Gasteiger partial charge < -0.3 is 14.5 Å². The van der Waals surface area contributed by atoms with Crippen LogP contribution < -0.4 is 10.1 Å². The van der Waals surface area contributed by atoms with Crippen LogP contribution in [-0.2, 0) is 16.6 Å². The third-order valence-electron chi connectivity index (χ3n) is 5.10. The van der Waals surface area contributed by atoms with Gasteiger partial charge in [-0.2, -0.15) is 0 Å². The summed E-state index contributed by atoms with van der Waals surface area (Å²) in [7, 11) is -0.686. The summed E-state index contributed by atoms with van der Waals surface area (Å²) in [5.74, 6) is 0.157. The molecule has 1 N–H and O–H groups in total. The maximum absolute atomic E-state index is 12.8. The van der Waals surface area contributed by atoms with Gasteiger partial charge in [-0.1, -0.05) is 18.2 Å². The monoisotopic (exact) mass is 464 g/mol. The van der Waals surface area contributed by atoms with Crippen LogP contribution >= 0.6 is 0 Å². The fourth-order valence-corrected chi connectivity index (χ4v) is 4.44. The second-order valence-electron chi connectivity index (χ2n) is 7.74. The van der Waals surface area contributed by atoms with Crippen LogP contribution in [-0.4, -0.2) is 42.1 Å². The van der Waals surface area contributed by atoms with Gasteiger partial charge in [-0.3, -0.25) is 4.79 Å². The average molecular weight is 465 g/mol. The molecule has 0 saturated heterocycles. The molecule has 0 aliphatic rings. The van der Waals surface area contributed by atoms with E-state index in [0.29, 0.717) is 22.6 Å². The number of carbonyl (C=O) groups excluding carboxylic acids is 1. The van der Waals surface area contributed by atoms with Crippen molar-refractivity contribution in [1.82, 2.24) is 13.7 Å². The highest BCUT2D eigenvalue weighted by molar-refractivity contribution is 7.89. The summed E-state index contributed by atoms with van der Waals surface area (Å²) < 4.78 is 34.0. The second kappa shape index (κ2) is 9.05. The molecule has 33 heavy (non-hydrogen) atoms. The number of ether oxygens (including phenoxy) is 1. The molecule has 2 aromatic heterocycles. The Morgan fingerprint density at radius 2 is 1.91 bits per heavy atom. The van der Waals surface area contributed by atoms with Gasteiger partial charge in [0.15, 0.2) is 0 Å². The van der Waals surface area contributed by atoms with Gasteiger partial charge in [0.2, 0.25) is 10.0 Å². The predicted octanol–water partition coefficient (Wildman–Crippen LogP) is 3.72. The number of nitrogens with one attached hydrogen (secondary N) is 1. The lowest BCUT2D eigenvalue weighted by Crippen LogP contribution is -2.23. The molecule has 2 aromatic carbocycles. The fourth-order valence-electron chi connectivity index (χ4n) is 3.30. The number of aromatic nitrogens is 2. The van der Waals surface area contributed by atoms with Crippen LogP contribution in [0.2, 0.25) is 0 Å². The highest BCUT2D eigenvalue weighted by Gasteiger charge is 2.20. The van der Waals surface area contributed by atoms with Crippen molar-refractivity contribution in [3.8, 4) is 5.75 Å². The molecule has 0 radical (unpaired) electrons. The van der Waals surface area contributed by atoms with E-state index < -0.39 is 10.0 Å². The Balaban J connectivity index is 1.48. The highest BCUT2D eigenvalue weighted by atomic mass is 32.2. The van der Waals surface area contributed by atoms with Gasteiger partial charge in [-0.05, 0) is 55.0 Å². The molecule has 0 spiro atoms. The van der Waals surface area contributed by atoms with Crippen LogP contribution in [0.5, 0.6) is 5.75 Å². The Bertz CT molecular complexity index is 1390. The number of benzene rings is 2. The first-order chi connectivity index (χ1) is 15.7. The number of anilines is 1. The molecule has 0 atom stereocenters. The van der Waals surface area contributed by atoms with Gasteiger partial charge >= 0.3 is 0 Å². The molecule has 4 rings (SSSR count). The van der Waals surface area contributed by atoms with E-state index in [0.717, 1.165) is 15.6 Å². The number of nitrogens with zero attached hydrogens (tertiary/aromatic N) is 3. The molecule has 0 aliphatic heterocycles. The van der Waals surface area contributed by atoms with E-state index in [4.69, 9.17) is 4.74 Å². The van der Waals surface area contributed by atoms with E-state index >= 15 is 0 Å². The van der Waals surface area contributed by atoms with Gasteiger partial charge in [0, 0.05) is 37.7 Å². The standard InChI is InChI=1S/C24H24N4O4S/c1-17-10-11-19(14-22(17)33(30,31)27(2)3)26-24(29)18-7-6-8-21(13-18)32-16-20-15-28-12-5-4-9-23(28)25-20/h4-15H,16H2,1-3H3,(H,26,29). The van der Waals surface area contributed by atoms with Gasteiger partial charge in [0.25, 0.3) is 5.91 Å².